The van der Waals surface area contributed by atoms with Gasteiger partial charge in [-0.1, -0.05) is 72.4 Å². The highest BCUT2D eigenvalue weighted by atomic mass is 79.9. The Kier molecular flexibility index (Phi) is 4.42. The molecule has 1 aliphatic rings. The van der Waals surface area contributed by atoms with Gasteiger partial charge in [0.25, 0.3) is 0 Å². The van der Waals surface area contributed by atoms with Gasteiger partial charge in [-0.3, -0.25) is 0 Å². The number of hydrogen-bond donors (Lipinski definition) is 1. The summed E-state index contributed by atoms with van der Waals surface area (Å²) < 4.78 is 1.19. The molecule has 1 fully saturated rings. The van der Waals surface area contributed by atoms with Crippen molar-refractivity contribution in [3.8, 4) is 0 Å². The minimum Gasteiger partial charge on any atom is -0.310 e. The number of rotatable bonds is 5. The zero-order valence-electron chi connectivity index (χ0n) is 12.0. The highest BCUT2D eigenvalue weighted by Crippen LogP contribution is 2.37. The van der Waals surface area contributed by atoms with Crippen molar-refractivity contribution in [1.29, 1.82) is 0 Å². The molecule has 2 aromatic carbocycles. The molecule has 0 heterocycles. The van der Waals surface area contributed by atoms with E-state index in [4.69, 9.17) is 0 Å². The molecule has 0 aliphatic heterocycles. The lowest BCUT2D eigenvalue weighted by Gasteiger charge is -2.31. The van der Waals surface area contributed by atoms with E-state index in [1.54, 1.807) is 0 Å². The molecule has 0 bridgehead atoms. The Hall–Kier alpha value is -0.860. The highest BCUT2D eigenvalue weighted by Gasteiger charge is 2.23. The maximum absolute atomic E-state index is 3.69. The smallest absolute Gasteiger partial charge is 0.0328 e. The summed E-state index contributed by atoms with van der Waals surface area (Å²) in [6.07, 6.45) is 5.52. The van der Waals surface area contributed by atoms with Crippen LogP contribution in [0.1, 0.15) is 44.2 Å². The summed E-state index contributed by atoms with van der Waals surface area (Å²) in [6.45, 7) is 3.23. The fourth-order valence-corrected chi connectivity index (χ4v) is 3.70. The largest absolute Gasteiger partial charge is 0.310 e. The van der Waals surface area contributed by atoms with Crippen LogP contribution < -0.4 is 5.32 Å². The van der Waals surface area contributed by atoms with Gasteiger partial charge in [-0.2, -0.15) is 0 Å². The average Bonchev–Trinajstić information content (AvgIpc) is 2.43. The molecule has 20 heavy (non-hydrogen) atoms. The van der Waals surface area contributed by atoms with Crippen molar-refractivity contribution >= 4 is 26.7 Å². The molecule has 1 saturated carbocycles. The van der Waals surface area contributed by atoms with Crippen molar-refractivity contribution in [2.75, 3.05) is 6.54 Å². The Morgan fingerprint density at radius 1 is 1.15 bits per heavy atom. The molecular formula is C18H22BrN. The molecule has 1 unspecified atom stereocenters. The molecule has 1 atom stereocenters. The third-order valence-electron chi connectivity index (χ3n) is 4.52. The van der Waals surface area contributed by atoms with Gasteiger partial charge in [0.1, 0.15) is 0 Å². The van der Waals surface area contributed by atoms with Gasteiger partial charge in [0.05, 0.1) is 0 Å². The van der Waals surface area contributed by atoms with Crippen LogP contribution in [-0.2, 0) is 0 Å². The second-order valence-corrected chi connectivity index (χ2v) is 6.68. The van der Waals surface area contributed by atoms with E-state index in [0.717, 1.165) is 12.5 Å². The maximum atomic E-state index is 3.69. The number of halogens is 1. The van der Waals surface area contributed by atoms with E-state index in [0.29, 0.717) is 6.04 Å². The molecule has 0 aromatic heterocycles. The molecule has 0 amide bonds. The van der Waals surface area contributed by atoms with Crippen molar-refractivity contribution in [3.05, 3.63) is 46.4 Å². The van der Waals surface area contributed by atoms with Gasteiger partial charge < -0.3 is 5.32 Å². The second kappa shape index (κ2) is 6.28. The van der Waals surface area contributed by atoms with Gasteiger partial charge in [0.15, 0.2) is 0 Å². The Balaban J connectivity index is 1.98. The van der Waals surface area contributed by atoms with E-state index >= 15 is 0 Å². The fourth-order valence-electron chi connectivity index (χ4n) is 3.22. The first kappa shape index (κ1) is 14.1. The minimum atomic E-state index is 0.489. The maximum Gasteiger partial charge on any atom is 0.0328 e. The summed E-state index contributed by atoms with van der Waals surface area (Å²) in [7, 11) is 0. The van der Waals surface area contributed by atoms with Crippen molar-refractivity contribution in [2.24, 2.45) is 5.92 Å². The van der Waals surface area contributed by atoms with Crippen LogP contribution in [0.3, 0.4) is 0 Å². The molecule has 1 nitrogen and oxygen atoms in total. The Morgan fingerprint density at radius 3 is 2.55 bits per heavy atom. The SMILES string of the molecule is CCNC(CC1CCC1)c1ccc(Br)c2ccccc12. The van der Waals surface area contributed by atoms with Gasteiger partial charge >= 0.3 is 0 Å². The van der Waals surface area contributed by atoms with Crippen LogP contribution in [0.4, 0.5) is 0 Å². The van der Waals surface area contributed by atoms with Gasteiger partial charge in [-0.05, 0) is 41.3 Å². The summed E-state index contributed by atoms with van der Waals surface area (Å²) in [6, 6.07) is 13.7. The monoisotopic (exact) mass is 331 g/mol. The molecular weight excluding hydrogens is 310 g/mol. The normalized spacial score (nSPS) is 17.1. The Morgan fingerprint density at radius 2 is 1.90 bits per heavy atom. The first-order valence-corrected chi connectivity index (χ1v) is 8.49. The van der Waals surface area contributed by atoms with Crippen LogP contribution >= 0.6 is 15.9 Å². The quantitative estimate of drug-likeness (QED) is 0.768. The molecule has 0 saturated heterocycles. The van der Waals surface area contributed by atoms with Crippen LogP contribution in [0, 0.1) is 5.92 Å². The Labute approximate surface area is 129 Å². The van der Waals surface area contributed by atoms with Gasteiger partial charge in [-0.15, -0.1) is 0 Å². The number of nitrogens with one attached hydrogen (secondary N) is 1. The van der Waals surface area contributed by atoms with E-state index in [2.05, 4.69) is 64.6 Å². The van der Waals surface area contributed by atoms with Gasteiger partial charge in [0, 0.05) is 10.5 Å². The predicted octanol–water partition coefficient (Wildman–Crippen LogP) is 5.44. The van der Waals surface area contributed by atoms with Crippen LogP contribution in [0.15, 0.2) is 40.9 Å². The first-order valence-electron chi connectivity index (χ1n) is 7.70. The highest BCUT2D eigenvalue weighted by molar-refractivity contribution is 9.10. The third-order valence-corrected chi connectivity index (χ3v) is 5.22. The molecule has 3 rings (SSSR count). The standard InChI is InChI=1S/C18H22BrN/c1-2-20-18(12-13-6-5-7-13)16-10-11-17(19)15-9-4-3-8-14(15)16/h3-4,8-11,13,18,20H,2,5-7,12H2,1H3. The van der Waals surface area contributed by atoms with E-state index in [1.807, 2.05) is 0 Å². The number of fused-ring (bicyclic) bond motifs is 1. The van der Waals surface area contributed by atoms with E-state index in [-0.39, 0.29) is 0 Å². The van der Waals surface area contributed by atoms with E-state index in [1.165, 1.54) is 46.5 Å². The van der Waals surface area contributed by atoms with Gasteiger partial charge in [-0.25, -0.2) is 0 Å². The summed E-state index contributed by atoms with van der Waals surface area (Å²) >= 11 is 3.67. The van der Waals surface area contributed by atoms with E-state index in [9.17, 15) is 0 Å². The summed E-state index contributed by atoms with van der Waals surface area (Å²) in [5.41, 5.74) is 1.46. The molecule has 0 radical (unpaired) electrons. The van der Waals surface area contributed by atoms with Crippen molar-refractivity contribution in [1.82, 2.24) is 5.32 Å². The van der Waals surface area contributed by atoms with Crippen LogP contribution in [-0.4, -0.2) is 6.54 Å². The van der Waals surface area contributed by atoms with Crippen molar-refractivity contribution in [2.45, 2.75) is 38.6 Å². The minimum absolute atomic E-state index is 0.489. The number of hydrogen-bond acceptors (Lipinski definition) is 1. The van der Waals surface area contributed by atoms with Crippen LogP contribution in [0.5, 0.6) is 0 Å². The number of benzene rings is 2. The van der Waals surface area contributed by atoms with E-state index < -0.39 is 0 Å². The van der Waals surface area contributed by atoms with Gasteiger partial charge in [0.2, 0.25) is 0 Å². The Bertz CT molecular complexity index is 589. The molecule has 106 valence electrons. The zero-order valence-corrected chi connectivity index (χ0v) is 13.6. The topological polar surface area (TPSA) is 12.0 Å². The summed E-state index contributed by atoms with van der Waals surface area (Å²) in [4.78, 5) is 0. The summed E-state index contributed by atoms with van der Waals surface area (Å²) in [5, 5.41) is 6.40. The molecule has 0 spiro atoms. The van der Waals surface area contributed by atoms with Crippen LogP contribution in [0.2, 0.25) is 0 Å². The van der Waals surface area contributed by atoms with Crippen molar-refractivity contribution < 1.29 is 0 Å². The molecule has 2 aromatic rings. The van der Waals surface area contributed by atoms with Crippen molar-refractivity contribution in [3.63, 3.8) is 0 Å². The lowest BCUT2D eigenvalue weighted by atomic mass is 9.79. The zero-order chi connectivity index (χ0) is 13.9. The lowest BCUT2D eigenvalue weighted by Crippen LogP contribution is -2.26. The molecule has 2 heteroatoms. The molecule has 1 N–H and O–H groups in total. The summed E-state index contributed by atoms with van der Waals surface area (Å²) in [5.74, 6) is 0.918. The first-order chi connectivity index (χ1) is 9.79. The third kappa shape index (κ3) is 2.77. The predicted molar refractivity (Wildman–Crippen MR) is 90.0 cm³/mol. The second-order valence-electron chi connectivity index (χ2n) is 5.83. The van der Waals surface area contributed by atoms with Crippen LogP contribution in [0.25, 0.3) is 10.8 Å². The molecule has 1 aliphatic carbocycles. The lowest BCUT2D eigenvalue weighted by molar-refractivity contribution is 0.263. The fraction of sp³-hybridized carbons (Fsp3) is 0.444. The average molecular weight is 332 g/mol.